The standard InChI is InChI=1S/C21H14/c1-2-6-15-12-20-18-11-5-8-14-7-4-9-16(21(14)18)13-19(20)17(15)10-3-1/h1-10,12-13H,11H2. The number of rotatable bonds is 0. The highest BCUT2D eigenvalue weighted by molar-refractivity contribution is 6.13. The van der Waals surface area contributed by atoms with Gasteiger partial charge in [-0.1, -0.05) is 60.7 Å². The minimum absolute atomic E-state index is 1.04. The van der Waals surface area contributed by atoms with Gasteiger partial charge >= 0.3 is 0 Å². The molecule has 21 heavy (non-hydrogen) atoms. The molecule has 0 nitrogen and oxygen atoms in total. The molecule has 0 spiro atoms. The molecule has 0 saturated heterocycles. The summed E-state index contributed by atoms with van der Waals surface area (Å²) in [5.41, 5.74) is 5.52. The monoisotopic (exact) mass is 266 g/mol. The van der Waals surface area contributed by atoms with Crippen molar-refractivity contribution in [1.82, 2.24) is 0 Å². The van der Waals surface area contributed by atoms with Crippen molar-refractivity contribution >= 4 is 27.6 Å². The van der Waals surface area contributed by atoms with Crippen molar-refractivity contribution in [3.8, 4) is 11.1 Å². The van der Waals surface area contributed by atoms with E-state index in [0.29, 0.717) is 0 Å². The molecule has 0 aromatic heterocycles. The zero-order chi connectivity index (χ0) is 13.8. The molecule has 0 atom stereocenters. The molecule has 0 heteroatoms. The summed E-state index contributed by atoms with van der Waals surface area (Å²) in [7, 11) is 0. The molecule has 0 heterocycles. The Balaban J connectivity index is 2.06. The zero-order valence-electron chi connectivity index (χ0n) is 11.6. The molecule has 3 aliphatic carbocycles. The highest BCUT2D eigenvalue weighted by Gasteiger charge is 2.16. The Morgan fingerprint density at radius 1 is 0.762 bits per heavy atom. The van der Waals surface area contributed by atoms with Crippen molar-refractivity contribution < 1.29 is 0 Å². The van der Waals surface area contributed by atoms with Crippen LogP contribution in [0.4, 0.5) is 0 Å². The highest BCUT2D eigenvalue weighted by atomic mass is 14.2. The summed E-state index contributed by atoms with van der Waals surface area (Å²) in [6.45, 7) is 0. The molecular formula is C21H14. The summed E-state index contributed by atoms with van der Waals surface area (Å²) < 4.78 is 0. The summed E-state index contributed by atoms with van der Waals surface area (Å²) in [6, 6.07) is 22.1. The summed E-state index contributed by atoms with van der Waals surface area (Å²) >= 11 is 0. The summed E-state index contributed by atoms with van der Waals surface area (Å²) in [6.07, 6.45) is 5.57. The van der Waals surface area contributed by atoms with E-state index in [-0.39, 0.29) is 0 Å². The van der Waals surface area contributed by atoms with Gasteiger partial charge in [0.2, 0.25) is 0 Å². The maximum Gasteiger partial charge on any atom is -0.00699 e. The van der Waals surface area contributed by atoms with Crippen LogP contribution in [0.15, 0.2) is 66.7 Å². The predicted octanol–water partition coefficient (Wildman–Crippen LogP) is 5.67. The van der Waals surface area contributed by atoms with E-state index in [1.165, 1.54) is 43.8 Å². The van der Waals surface area contributed by atoms with Crippen LogP contribution in [-0.2, 0) is 6.42 Å². The van der Waals surface area contributed by atoms with Crippen molar-refractivity contribution in [3.63, 3.8) is 0 Å². The summed E-state index contributed by atoms with van der Waals surface area (Å²) in [4.78, 5) is 0. The van der Waals surface area contributed by atoms with Crippen molar-refractivity contribution in [1.29, 1.82) is 0 Å². The third-order valence-corrected chi connectivity index (χ3v) is 4.63. The molecular weight excluding hydrogens is 252 g/mol. The average molecular weight is 266 g/mol. The topological polar surface area (TPSA) is 0 Å². The third-order valence-electron chi connectivity index (χ3n) is 4.63. The van der Waals surface area contributed by atoms with Gasteiger partial charge in [0.15, 0.2) is 0 Å². The molecule has 2 aromatic rings. The number of allylic oxidation sites excluding steroid dienone is 1. The SMILES string of the molecule is C1=Cc2cccc3cc4c5cccccc-5cc4c(c23)C1. The summed E-state index contributed by atoms with van der Waals surface area (Å²) in [5.74, 6) is 0. The molecule has 0 saturated carbocycles. The van der Waals surface area contributed by atoms with Crippen LogP contribution >= 0.6 is 0 Å². The molecule has 0 radical (unpaired) electrons. The van der Waals surface area contributed by atoms with Gasteiger partial charge in [-0.3, -0.25) is 0 Å². The van der Waals surface area contributed by atoms with E-state index < -0.39 is 0 Å². The lowest BCUT2D eigenvalue weighted by atomic mass is 9.90. The maximum absolute atomic E-state index is 2.36. The fourth-order valence-electron chi connectivity index (χ4n) is 3.72. The molecule has 2 aromatic carbocycles. The van der Waals surface area contributed by atoms with Crippen LogP contribution in [0.2, 0.25) is 0 Å². The van der Waals surface area contributed by atoms with Crippen LogP contribution in [0.25, 0.3) is 38.7 Å². The minimum atomic E-state index is 1.04. The van der Waals surface area contributed by atoms with Gasteiger partial charge in [-0.25, -0.2) is 0 Å². The molecule has 98 valence electrons. The van der Waals surface area contributed by atoms with Crippen molar-refractivity contribution in [2.24, 2.45) is 0 Å². The Morgan fingerprint density at radius 2 is 1.71 bits per heavy atom. The molecule has 5 rings (SSSR count). The number of hydrogen-bond donors (Lipinski definition) is 0. The van der Waals surface area contributed by atoms with E-state index in [1.54, 1.807) is 0 Å². The molecule has 0 unspecified atom stereocenters. The van der Waals surface area contributed by atoms with E-state index in [4.69, 9.17) is 0 Å². The minimum Gasteiger partial charge on any atom is -0.0795 e. The first-order valence-corrected chi connectivity index (χ1v) is 7.44. The molecule has 0 aliphatic heterocycles. The molecule has 3 aliphatic rings. The first-order valence-electron chi connectivity index (χ1n) is 7.44. The Hall–Kier alpha value is -2.60. The second-order valence-electron chi connectivity index (χ2n) is 5.79. The quantitative estimate of drug-likeness (QED) is 0.385. The third kappa shape index (κ3) is 1.45. The van der Waals surface area contributed by atoms with Crippen LogP contribution < -0.4 is 0 Å². The van der Waals surface area contributed by atoms with E-state index in [2.05, 4.69) is 72.8 Å². The second-order valence-corrected chi connectivity index (χ2v) is 5.79. The van der Waals surface area contributed by atoms with Gasteiger partial charge in [-0.2, -0.15) is 0 Å². The average Bonchev–Trinajstić information content (AvgIpc) is 2.71. The normalized spacial score (nSPS) is 13.3. The van der Waals surface area contributed by atoms with Gasteiger partial charge in [0.1, 0.15) is 0 Å². The fraction of sp³-hybridized carbons (Fsp3) is 0.0476. The van der Waals surface area contributed by atoms with Crippen LogP contribution in [0, 0.1) is 0 Å². The lowest BCUT2D eigenvalue weighted by Gasteiger charge is -2.14. The smallest absolute Gasteiger partial charge is 0.00699 e. The largest absolute Gasteiger partial charge is 0.0795 e. The van der Waals surface area contributed by atoms with Crippen LogP contribution in [0.3, 0.4) is 0 Å². The van der Waals surface area contributed by atoms with E-state index in [9.17, 15) is 0 Å². The van der Waals surface area contributed by atoms with Crippen molar-refractivity contribution in [3.05, 3.63) is 77.9 Å². The van der Waals surface area contributed by atoms with Crippen LogP contribution in [0.5, 0.6) is 0 Å². The van der Waals surface area contributed by atoms with Crippen molar-refractivity contribution in [2.75, 3.05) is 0 Å². The fourth-order valence-corrected chi connectivity index (χ4v) is 3.72. The van der Waals surface area contributed by atoms with E-state index in [1.807, 2.05) is 0 Å². The molecule has 0 fully saturated rings. The van der Waals surface area contributed by atoms with E-state index >= 15 is 0 Å². The Labute approximate surface area is 123 Å². The van der Waals surface area contributed by atoms with Crippen molar-refractivity contribution in [2.45, 2.75) is 6.42 Å². The van der Waals surface area contributed by atoms with Gasteiger partial charge in [-0.05, 0) is 62.4 Å². The second kappa shape index (κ2) is 3.95. The molecule has 0 N–H and O–H groups in total. The van der Waals surface area contributed by atoms with Gasteiger partial charge in [0.25, 0.3) is 0 Å². The first-order chi connectivity index (χ1) is 10.4. The van der Waals surface area contributed by atoms with Crippen LogP contribution in [-0.4, -0.2) is 0 Å². The molecule has 0 amide bonds. The maximum atomic E-state index is 2.36. The summed E-state index contributed by atoms with van der Waals surface area (Å²) in [5, 5.41) is 5.60. The number of benzene rings is 2. The predicted molar refractivity (Wildman–Crippen MR) is 90.8 cm³/mol. The van der Waals surface area contributed by atoms with E-state index in [0.717, 1.165) is 6.42 Å². The van der Waals surface area contributed by atoms with Gasteiger partial charge in [0.05, 0.1) is 0 Å². The van der Waals surface area contributed by atoms with Crippen LogP contribution in [0.1, 0.15) is 11.1 Å². The number of fused-ring (bicyclic) bond motifs is 4. The lowest BCUT2D eigenvalue weighted by molar-refractivity contribution is 1.32. The highest BCUT2D eigenvalue weighted by Crippen LogP contribution is 2.41. The lowest BCUT2D eigenvalue weighted by Crippen LogP contribution is -1.93. The van der Waals surface area contributed by atoms with Gasteiger partial charge in [-0.15, -0.1) is 0 Å². The van der Waals surface area contributed by atoms with Gasteiger partial charge < -0.3 is 0 Å². The Kier molecular flexibility index (Phi) is 2.09. The molecule has 0 bridgehead atoms. The number of hydrogen-bond acceptors (Lipinski definition) is 0. The Morgan fingerprint density at radius 3 is 2.71 bits per heavy atom. The first kappa shape index (κ1) is 11.1. The van der Waals surface area contributed by atoms with Gasteiger partial charge in [0, 0.05) is 0 Å². The zero-order valence-corrected chi connectivity index (χ0v) is 11.6. The Bertz CT molecular complexity index is 1010.